The third kappa shape index (κ3) is 4.17. The fourth-order valence-electron chi connectivity index (χ4n) is 2.70. The second-order valence-electron chi connectivity index (χ2n) is 5.75. The van der Waals surface area contributed by atoms with Crippen LogP contribution in [-0.2, 0) is 10.0 Å². The standard InChI is InChI=1S/C16H18FN3O3S2/c1-25(22,23)20-8-6-19(7-9-20)14-5-4-12(11-13(14)17)18-16(21)15-3-2-10-24-15/h2-5,10-11H,6-9H2,1H3,(H,18,21). The molecule has 1 aromatic carbocycles. The zero-order valence-electron chi connectivity index (χ0n) is 13.6. The van der Waals surface area contributed by atoms with Crippen molar-refractivity contribution in [1.29, 1.82) is 0 Å². The SMILES string of the molecule is CS(=O)(=O)N1CCN(c2ccc(NC(=O)c3cccs3)cc2F)CC1. The molecule has 0 spiro atoms. The minimum absolute atomic E-state index is 0.274. The average Bonchev–Trinajstić information content (AvgIpc) is 3.09. The van der Waals surface area contributed by atoms with E-state index in [9.17, 15) is 17.6 Å². The van der Waals surface area contributed by atoms with E-state index in [4.69, 9.17) is 0 Å². The van der Waals surface area contributed by atoms with Gasteiger partial charge in [0, 0.05) is 31.9 Å². The molecule has 1 aliphatic rings. The first-order valence-electron chi connectivity index (χ1n) is 7.69. The highest BCUT2D eigenvalue weighted by Crippen LogP contribution is 2.25. The van der Waals surface area contributed by atoms with Crippen LogP contribution in [0.3, 0.4) is 0 Å². The first-order chi connectivity index (χ1) is 11.8. The molecule has 6 nitrogen and oxygen atoms in total. The summed E-state index contributed by atoms with van der Waals surface area (Å²) in [6.45, 7) is 1.50. The second-order valence-corrected chi connectivity index (χ2v) is 8.68. The van der Waals surface area contributed by atoms with E-state index >= 15 is 0 Å². The fraction of sp³-hybridized carbons (Fsp3) is 0.312. The van der Waals surface area contributed by atoms with Crippen molar-refractivity contribution in [3.8, 4) is 0 Å². The van der Waals surface area contributed by atoms with Crippen molar-refractivity contribution in [1.82, 2.24) is 4.31 Å². The Morgan fingerprint density at radius 3 is 2.48 bits per heavy atom. The molecule has 9 heteroatoms. The van der Waals surface area contributed by atoms with Gasteiger partial charge in [0.2, 0.25) is 10.0 Å². The number of carbonyl (C=O) groups excluding carboxylic acids is 1. The number of sulfonamides is 1. The van der Waals surface area contributed by atoms with Crippen LogP contribution < -0.4 is 10.2 Å². The highest BCUT2D eigenvalue weighted by molar-refractivity contribution is 7.88. The van der Waals surface area contributed by atoms with Gasteiger partial charge in [-0.15, -0.1) is 11.3 Å². The minimum Gasteiger partial charge on any atom is -0.367 e. The summed E-state index contributed by atoms with van der Waals surface area (Å²) in [5.41, 5.74) is 0.789. The van der Waals surface area contributed by atoms with Crippen molar-refractivity contribution in [2.75, 3.05) is 42.7 Å². The van der Waals surface area contributed by atoms with Gasteiger partial charge >= 0.3 is 0 Å². The molecule has 1 N–H and O–H groups in total. The lowest BCUT2D eigenvalue weighted by molar-refractivity contribution is 0.103. The number of rotatable bonds is 4. The largest absolute Gasteiger partial charge is 0.367 e. The molecule has 1 aromatic heterocycles. The summed E-state index contributed by atoms with van der Waals surface area (Å²) in [6.07, 6.45) is 1.17. The van der Waals surface area contributed by atoms with E-state index in [2.05, 4.69) is 5.32 Å². The summed E-state index contributed by atoms with van der Waals surface area (Å²) in [5, 5.41) is 4.47. The van der Waals surface area contributed by atoms with E-state index in [1.54, 1.807) is 29.6 Å². The number of carbonyl (C=O) groups is 1. The normalized spacial score (nSPS) is 16.0. The second kappa shape index (κ2) is 7.11. The van der Waals surface area contributed by atoms with Crippen LogP contribution in [0.4, 0.5) is 15.8 Å². The molecule has 1 saturated heterocycles. The third-order valence-electron chi connectivity index (χ3n) is 4.00. The fourth-order valence-corrected chi connectivity index (χ4v) is 4.15. The summed E-state index contributed by atoms with van der Waals surface area (Å²) in [5.74, 6) is -0.722. The van der Waals surface area contributed by atoms with Gasteiger partial charge in [-0.05, 0) is 29.6 Å². The Labute approximate surface area is 149 Å². The lowest BCUT2D eigenvalue weighted by atomic mass is 10.2. The van der Waals surface area contributed by atoms with E-state index in [1.807, 2.05) is 4.90 Å². The molecule has 1 aliphatic heterocycles. The number of benzene rings is 1. The third-order valence-corrected chi connectivity index (χ3v) is 6.17. The molecule has 0 saturated carbocycles. The first kappa shape index (κ1) is 17.8. The number of hydrogen-bond acceptors (Lipinski definition) is 5. The van der Waals surface area contributed by atoms with Crippen LogP contribution >= 0.6 is 11.3 Å². The molecule has 2 heterocycles. The Balaban J connectivity index is 1.67. The van der Waals surface area contributed by atoms with Crippen molar-refractivity contribution in [2.45, 2.75) is 0 Å². The zero-order valence-corrected chi connectivity index (χ0v) is 15.2. The van der Waals surface area contributed by atoms with Crippen LogP contribution in [0.1, 0.15) is 9.67 Å². The molecule has 0 unspecified atom stereocenters. The van der Waals surface area contributed by atoms with E-state index in [1.165, 1.54) is 28.0 Å². The molecule has 1 amide bonds. The Morgan fingerprint density at radius 2 is 1.92 bits per heavy atom. The van der Waals surface area contributed by atoms with Gasteiger partial charge in [-0.3, -0.25) is 4.79 Å². The summed E-state index contributed by atoms with van der Waals surface area (Å²) >= 11 is 1.31. The number of halogens is 1. The molecule has 25 heavy (non-hydrogen) atoms. The minimum atomic E-state index is -3.22. The highest BCUT2D eigenvalue weighted by Gasteiger charge is 2.24. The summed E-state index contributed by atoms with van der Waals surface area (Å²) < 4.78 is 38.9. The predicted molar refractivity (Wildman–Crippen MR) is 97.3 cm³/mol. The molecule has 0 radical (unpaired) electrons. The van der Waals surface area contributed by atoms with Crippen molar-refractivity contribution in [3.63, 3.8) is 0 Å². The van der Waals surface area contributed by atoms with Crippen molar-refractivity contribution in [3.05, 3.63) is 46.4 Å². The monoisotopic (exact) mass is 383 g/mol. The van der Waals surface area contributed by atoms with Gasteiger partial charge in [0.1, 0.15) is 5.82 Å². The number of nitrogens with zero attached hydrogens (tertiary/aromatic N) is 2. The van der Waals surface area contributed by atoms with Gasteiger partial charge in [-0.2, -0.15) is 4.31 Å². The number of thiophene rings is 1. The lowest BCUT2D eigenvalue weighted by Crippen LogP contribution is -2.48. The number of amides is 1. The molecule has 0 atom stereocenters. The predicted octanol–water partition coefficient (Wildman–Crippen LogP) is 2.22. The molecular weight excluding hydrogens is 365 g/mol. The number of hydrogen-bond donors (Lipinski definition) is 1. The maximum Gasteiger partial charge on any atom is 0.265 e. The maximum atomic E-state index is 14.4. The van der Waals surface area contributed by atoms with E-state index < -0.39 is 15.8 Å². The van der Waals surface area contributed by atoms with Crippen LogP contribution in [0.5, 0.6) is 0 Å². The van der Waals surface area contributed by atoms with Crippen LogP contribution in [0.15, 0.2) is 35.7 Å². The van der Waals surface area contributed by atoms with E-state index in [-0.39, 0.29) is 5.91 Å². The molecule has 0 aliphatic carbocycles. The molecule has 0 bridgehead atoms. The van der Waals surface area contributed by atoms with Gasteiger partial charge in [0.05, 0.1) is 16.8 Å². The topological polar surface area (TPSA) is 69.7 Å². The maximum absolute atomic E-state index is 14.4. The van der Waals surface area contributed by atoms with Crippen molar-refractivity contribution in [2.24, 2.45) is 0 Å². The molecule has 3 rings (SSSR count). The van der Waals surface area contributed by atoms with Crippen LogP contribution in [-0.4, -0.2) is 51.1 Å². The highest BCUT2D eigenvalue weighted by atomic mass is 32.2. The van der Waals surface area contributed by atoms with Crippen LogP contribution in [0.25, 0.3) is 0 Å². The summed E-state index contributed by atoms with van der Waals surface area (Å²) in [7, 11) is -3.22. The van der Waals surface area contributed by atoms with Crippen molar-refractivity contribution < 1.29 is 17.6 Å². The Morgan fingerprint density at radius 1 is 1.20 bits per heavy atom. The average molecular weight is 383 g/mol. The Kier molecular flexibility index (Phi) is 5.07. The summed E-state index contributed by atoms with van der Waals surface area (Å²) in [6, 6.07) is 8.01. The molecule has 1 fully saturated rings. The van der Waals surface area contributed by atoms with E-state index in [0.29, 0.717) is 42.4 Å². The quantitative estimate of drug-likeness (QED) is 0.879. The van der Waals surface area contributed by atoms with Crippen LogP contribution in [0.2, 0.25) is 0 Å². The number of nitrogens with one attached hydrogen (secondary N) is 1. The Hall–Kier alpha value is -1.97. The van der Waals surface area contributed by atoms with Gasteiger partial charge < -0.3 is 10.2 Å². The number of piperazine rings is 1. The van der Waals surface area contributed by atoms with Gasteiger partial charge in [0.15, 0.2) is 0 Å². The van der Waals surface area contributed by atoms with Gasteiger partial charge in [0.25, 0.3) is 5.91 Å². The number of anilines is 2. The zero-order chi connectivity index (χ0) is 18.0. The molecule has 134 valence electrons. The molecular formula is C16H18FN3O3S2. The van der Waals surface area contributed by atoms with Gasteiger partial charge in [-0.25, -0.2) is 12.8 Å². The summed E-state index contributed by atoms with van der Waals surface area (Å²) in [4.78, 5) is 14.4. The van der Waals surface area contributed by atoms with Gasteiger partial charge in [-0.1, -0.05) is 6.07 Å². The lowest BCUT2D eigenvalue weighted by Gasteiger charge is -2.34. The first-order valence-corrected chi connectivity index (χ1v) is 10.4. The van der Waals surface area contributed by atoms with E-state index in [0.717, 1.165) is 0 Å². The molecule has 2 aromatic rings. The van der Waals surface area contributed by atoms with Crippen molar-refractivity contribution >= 4 is 38.6 Å². The smallest absolute Gasteiger partial charge is 0.265 e. The Bertz CT molecular complexity index is 861. The van der Waals surface area contributed by atoms with Crippen LogP contribution in [0, 0.1) is 5.82 Å².